The molecule has 4 rings (SSSR count). The van der Waals surface area contributed by atoms with E-state index in [0.717, 1.165) is 10.9 Å². The number of para-hydroxylation sites is 1. The summed E-state index contributed by atoms with van der Waals surface area (Å²) in [6.45, 7) is 6.77. The Balaban J connectivity index is 1.94. The van der Waals surface area contributed by atoms with Crippen LogP contribution in [0.15, 0.2) is 76.0 Å². The first kappa shape index (κ1) is 28.4. The second-order valence-electron chi connectivity index (χ2n) is 9.81. The largest absolute Gasteiger partial charge is 0.497 e. The fraction of sp³-hybridized carbons (Fsp3) is 0.323. The molecule has 0 bridgehead atoms. The first-order valence-electron chi connectivity index (χ1n) is 13.1. The predicted molar refractivity (Wildman–Crippen MR) is 158 cm³/mol. The van der Waals surface area contributed by atoms with Crippen LogP contribution in [0.5, 0.6) is 11.5 Å². The summed E-state index contributed by atoms with van der Waals surface area (Å²) >= 11 is 3.49. The number of fused-ring (bicyclic) bond motifs is 1. The van der Waals surface area contributed by atoms with Crippen LogP contribution in [0.4, 0.5) is 0 Å². The van der Waals surface area contributed by atoms with Crippen molar-refractivity contribution in [1.82, 2.24) is 14.5 Å². The van der Waals surface area contributed by atoms with Crippen molar-refractivity contribution < 1.29 is 14.3 Å². The van der Waals surface area contributed by atoms with Crippen LogP contribution >= 0.6 is 15.9 Å². The van der Waals surface area contributed by atoms with Crippen molar-refractivity contribution in [3.8, 4) is 17.2 Å². The number of nitrogens with zero attached hydrogens (tertiary/aromatic N) is 3. The predicted octanol–water partition coefficient (Wildman–Crippen LogP) is 6.81. The molecule has 0 aliphatic rings. The van der Waals surface area contributed by atoms with Gasteiger partial charge in [0, 0.05) is 22.6 Å². The minimum atomic E-state index is -0.464. The number of aromatic nitrogens is 2. The molecule has 0 saturated heterocycles. The van der Waals surface area contributed by atoms with Crippen LogP contribution in [0.25, 0.3) is 16.6 Å². The summed E-state index contributed by atoms with van der Waals surface area (Å²) in [7, 11) is 3.12. The molecule has 1 atom stereocenters. The lowest BCUT2D eigenvalue weighted by molar-refractivity contribution is 0.0648. The maximum Gasteiger partial charge on any atom is 0.266 e. The number of ether oxygens (including phenoxy) is 2. The van der Waals surface area contributed by atoms with Crippen molar-refractivity contribution in [2.24, 2.45) is 5.92 Å². The van der Waals surface area contributed by atoms with Crippen LogP contribution in [0.2, 0.25) is 0 Å². The third-order valence-electron chi connectivity index (χ3n) is 6.75. The van der Waals surface area contributed by atoms with E-state index in [1.807, 2.05) is 54.3 Å². The third kappa shape index (κ3) is 6.17. The lowest BCUT2D eigenvalue weighted by Gasteiger charge is -2.33. The minimum absolute atomic E-state index is 0.171. The van der Waals surface area contributed by atoms with E-state index in [2.05, 4.69) is 29.8 Å². The van der Waals surface area contributed by atoms with Crippen LogP contribution in [-0.2, 0) is 0 Å². The molecule has 4 aromatic rings. The molecule has 0 aliphatic carbocycles. The fourth-order valence-corrected chi connectivity index (χ4v) is 4.91. The molecule has 1 amide bonds. The molecule has 0 N–H and O–H groups in total. The number of hydrogen-bond acceptors (Lipinski definition) is 5. The van der Waals surface area contributed by atoms with Gasteiger partial charge in [-0.3, -0.25) is 14.2 Å². The molecule has 0 saturated carbocycles. The Morgan fingerprint density at radius 1 is 1.00 bits per heavy atom. The Labute approximate surface area is 237 Å². The molecule has 0 fully saturated rings. The second kappa shape index (κ2) is 12.5. The van der Waals surface area contributed by atoms with Gasteiger partial charge in [-0.1, -0.05) is 48.8 Å². The summed E-state index contributed by atoms with van der Waals surface area (Å²) in [5.74, 6) is 1.78. The first-order chi connectivity index (χ1) is 18.8. The molecule has 39 heavy (non-hydrogen) atoms. The highest BCUT2D eigenvalue weighted by molar-refractivity contribution is 9.10. The summed E-state index contributed by atoms with van der Waals surface area (Å²) in [5.41, 5.74) is 1.57. The molecule has 1 unspecified atom stereocenters. The van der Waals surface area contributed by atoms with Crippen LogP contribution in [0.1, 0.15) is 55.8 Å². The van der Waals surface area contributed by atoms with Gasteiger partial charge in [-0.25, -0.2) is 4.98 Å². The summed E-state index contributed by atoms with van der Waals surface area (Å²) in [5, 5.41) is 0.525. The Bertz CT molecular complexity index is 1490. The van der Waals surface area contributed by atoms with E-state index in [4.69, 9.17) is 14.5 Å². The van der Waals surface area contributed by atoms with E-state index in [-0.39, 0.29) is 11.5 Å². The lowest BCUT2D eigenvalue weighted by Crippen LogP contribution is -2.39. The SMILES string of the molecule is CCC(c1nc2ccccc2c(=O)n1-c1ccc(Br)cc1)N(CCC(C)C)C(=O)c1cc(OC)cc(OC)c1. The number of carbonyl (C=O) groups is 1. The van der Waals surface area contributed by atoms with E-state index in [0.29, 0.717) is 58.4 Å². The quantitative estimate of drug-likeness (QED) is 0.203. The highest BCUT2D eigenvalue weighted by Gasteiger charge is 2.30. The topological polar surface area (TPSA) is 73.7 Å². The molecule has 1 heterocycles. The fourth-order valence-electron chi connectivity index (χ4n) is 4.65. The highest BCUT2D eigenvalue weighted by Crippen LogP contribution is 2.31. The van der Waals surface area contributed by atoms with Gasteiger partial charge >= 0.3 is 0 Å². The van der Waals surface area contributed by atoms with Crippen molar-refractivity contribution in [2.45, 2.75) is 39.7 Å². The van der Waals surface area contributed by atoms with Gasteiger partial charge in [-0.05, 0) is 67.3 Å². The Morgan fingerprint density at radius 2 is 1.64 bits per heavy atom. The number of rotatable bonds is 10. The van der Waals surface area contributed by atoms with Crippen LogP contribution < -0.4 is 15.0 Å². The minimum Gasteiger partial charge on any atom is -0.497 e. The molecule has 8 heteroatoms. The van der Waals surface area contributed by atoms with Crippen molar-refractivity contribution in [3.05, 3.63) is 92.9 Å². The van der Waals surface area contributed by atoms with Gasteiger partial charge in [-0.15, -0.1) is 0 Å². The summed E-state index contributed by atoms with van der Waals surface area (Å²) in [6.07, 6.45) is 1.35. The van der Waals surface area contributed by atoms with Crippen molar-refractivity contribution >= 4 is 32.7 Å². The van der Waals surface area contributed by atoms with Crippen LogP contribution in [0.3, 0.4) is 0 Å². The first-order valence-corrected chi connectivity index (χ1v) is 13.9. The molecular weight excluding hydrogens is 558 g/mol. The maximum absolute atomic E-state index is 14.2. The van der Waals surface area contributed by atoms with Gasteiger partial charge in [-0.2, -0.15) is 0 Å². The molecule has 7 nitrogen and oxygen atoms in total. The number of halogens is 1. The summed E-state index contributed by atoms with van der Waals surface area (Å²) in [4.78, 5) is 35.0. The Morgan fingerprint density at radius 3 is 2.23 bits per heavy atom. The van der Waals surface area contributed by atoms with Crippen molar-refractivity contribution in [3.63, 3.8) is 0 Å². The van der Waals surface area contributed by atoms with E-state index in [9.17, 15) is 9.59 Å². The molecular formula is C31H34BrN3O4. The highest BCUT2D eigenvalue weighted by atomic mass is 79.9. The zero-order chi connectivity index (χ0) is 28.1. The number of benzene rings is 3. The van der Waals surface area contributed by atoms with E-state index >= 15 is 0 Å². The zero-order valence-electron chi connectivity index (χ0n) is 23.0. The van der Waals surface area contributed by atoms with Gasteiger partial charge < -0.3 is 14.4 Å². The molecule has 0 radical (unpaired) electrons. The Kier molecular flexibility index (Phi) is 9.07. The summed E-state index contributed by atoms with van der Waals surface area (Å²) < 4.78 is 13.4. The maximum atomic E-state index is 14.2. The second-order valence-corrected chi connectivity index (χ2v) is 10.7. The summed E-state index contributed by atoms with van der Waals surface area (Å²) in [6, 6.07) is 19.6. The average molecular weight is 593 g/mol. The van der Waals surface area contributed by atoms with Crippen molar-refractivity contribution in [2.75, 3.05) is 20.8 Å². The van der Waals surface area contributed by atoms with Gasteiger partial charge in [0.05, 0.1) is 36.9 Å². The van der Waals surface area contributed by atoms with E-state index in [1.54, 1.807) is 43.1 Å². The van der Waals surface area contributed by atoms with Crippen LogP contribution in [0, 0.1) is 5.92 Å². The normalized spacial score (nSPS) is 12.0. The smallest absolute Gasteiger partial charge is 0.266 e. The van der Waals surface area contributed by atoms with Crippen LogP contribution in [-0.4, -0.2) is 41.1 Å². The van der Waals surface area contributed by atoms with E-state index in [1.165, 1.54) is 0 Å². The van der Waals surface area contributed by atoms with Gasteiger partial charge in [0.2, 0.25) is 0 Å². The number of methoxy groups -OCH3 is 2. The van der Waals surface area contributed by atoms with Gasteiger partial charge in [0.1, 0.15) is 17.3 Å². The molecule has 1 aromatic heterocycles. The standard InChI is InChI=1S/C31H34BrN3O4/c1-6-28(34(16-15-20(2)3)30(36)21-17-24(38-4)19-25(18-21)39-5)29-33-27-10-8-7-9-26(27)31(37)35(29)23-13-11-22(32)12-14-23/h7-14,17-20,28H,6,15-16H2,1-5H3. The Hall–Kier alpha value is -3.65. The van der Waals surface area contributed by atoms with Crippen molar-refractivity contribution in [1.29, 1.82) is 0 Å². The average Bonchev–Trinajstić information content (AvgIpc) is 2.95. The molecule has 0 aliphatic heterocycles. The molecule has 3 aromatic carbocycles. The van der Waals surface area contributed by atoms with Gasteiger partial charge in [0.25, 0.3) is 11.5 Å². The monoisotopic (exact) mass is 591 g/mol. The number of amides is 1. The van der Waals surface area contributed by atoms with Gasteiger partial charge in [0.15, 0.2) is 0 Å². The third-order valence-corrected chi connectivity index (χ3v) is 7.28. The van der Waals surface area contributed by atoms with E-state index < -0.39 is 6.04 Å². The number of carbonyl (C=O) groups excluding carboxylic acids is 1. The molecule has 204 valence electrons. The zero-order valence-corrected chi connectivity index (χ0v) is 24.6. The number of hydrogen-bond donors (Lipinski definition) is 0. The molecule has 0 spiro atoms. The lowest BCUT2D eigenvalue weighted by atomic mass is 10.0.